The van der Waals surface area contributed by atoms with Gasteiger partial charge in [0, 0.05) is 31.4 Å². The van der Waals surface area contributed by atoms with Crippen molar-refractivity contribution < 1.29 is 13.6 Å². The number of nitrogens with one attached hydrogen (secondary N) is 1. The first-order chi connectivity index (χ1) is 11.0. The first kappa shape index (κ1) is 15.3. The predicted octanol–water partition coefficient (Wildman–Crippen LogP) is 2.07. The van der Waals surface area contributed by atoms with E-state index in [-0.39, 0.29) is 17.6 Å². The van der Waals surface area contributed by atoms with Gasteiger partial charge >= 0.3 is 0 Å². The Morgan fingerprint density at radius 3 is 2.83 bits per heavy atom. The van der Waals surface area contributed by atoms with Gasteiger partial charge in [0.05, 0.1) is 17.6 Å². The van der Waals surface area contributed by atoms with Crippen molar-refractivity contribution in [1.29, 1.82) is 0 Å². The van der Waals surface area contributed by atoms with E-state index in [1.54, 1.807) is 11.8 Å². The van der Waals surface area contributed by atoms with Gasteiger partial charge in [-0.15, -0.1) is 0 Å². The molecule has 0 radical (unpaired) electrons. The second-order valence-corrected chi connectivity index (χ2v) is 5.54. The Morgan fingerprint density at radius 1 is 1.30 bits per heavy atom. The minimum Gasteiger partial charge on any atom is -0.367 e. The Kier molecular flexibility index (Phi) is 4.18. The van der Waals surface area contributed by atoms with Crippen LogP contribution in [0.4, 0.5) is 14.5 Å². The topological polar surface area (TPSA) is 58.1 Å². The Morgan fingerprint density at radius 2 is 2.13 bits per heavy atom. The molecule has 1 saturated heterocycles. The standard InChI is InChI=1S/C16H16F2N4O/c1-10-7-20-14(8-19-10)16(23)21-12-4-5-22(9-12)15-3-2-11(17)6-13(15)18/h2-3,6-8,12H,4-5,9H2,1H3,(H,21,23). The van der Waals surface area contributed by atoms with Crippen LogP contribution in [0.3, 0.4) is 0 Å². The van der Waals surface area contributed by atoms with Gasteiger partial charge in [-0.25, -0.2) is 13.8 Å². The highest BCUT2D eigenvalue weighted by atomic mass is 19.1. The Hall–Kier alpha value is -2.57. The number of benzene rings is 1. The maximum Gasteiger partial charge on any atom is 0.271 e. The van der Waals surface area contributed by atoms with E-state index in [9.17, 15) is 13.6 Å². The van der Waals surface area contributed by atoms with Crippen LogP contribution in [-0.2, 0) is 0 Å². The zero-order chi connectivity index (χ0) is 16.4. The van der Waals surface area contributed by atoms with E-state index < -0.39 is 11.6 Å². The molecule has 1 unspecified atom stereocenters. The monoisotopic (exact) mass is 318 g/mol. The fourth-order valence-corrected chi connectivity index (χ4v) is 2.60. The smallest absolute Gasteiger partial charge is 0.271 e. The van der Waals surface area contributed by atoms with Crippen molar-refractivity contribution in [3.8, 4) is 0 Å². The summed E-state index contributed by atoms with van der Waals surface area (Å²) in [6.07, 6.45) is 3.64. The van der Waals surface area contributed by atoms with Gasteiger partial charge in [-0.3, -0.25) is 9.78 Å². The fraction of sp³-hybridized carbons (Fsp3) is 0.312. The average Bonchev–Trinajstić information content (AvgIpc) is 2.96. The minimum atomic E-state index is -0.603. The normalized spacial score (nSPS) is 17.3. The zero-order valence-corrected chi connectivity index (χ0v) is 12.6. The molecular weight excluding hydrogens is 302 g/mol. The lowest BCUT2D eigenvalue weighted by Crippen LogP contribution is -2.37. The molecule has 0 aliphatic carbocycles. The van der Waals surface area contributed by atoms with E-state index in [0.717, 1.165) is 11.8 Å². The highest BCUT2D eigenvalue weighted by Crippen LogP contribution is 2.24. The van der Waals surface area contributed by atoms with Crippen LogP contribution in [0.25, 0.3) is 0 Å². The third-order valence-electron chi connectivity index (χ3n) is 3.79. The van der Waals surface area contributed by atoms with Gasteiger partial charge in [0.25, 0.3) is 5.91 Å². The fourth-order valence-electron chi connectivity index (χ4n) is 2.60. The number of rotatable bonds is 3. The molecule has 0 spiro atoms. The molecule has 2 aromatic rings. The van der Waals surface area contributed by atoms with E-state index >= 15 is 0 Å². The zero-order valence-electron chi connectivity index (χ0n) is 12.6. The van der Waals surface area contributed by atoms with Crippen molar-refractivity contribution in [2.45, 2.75) is 19.4 Å². The molecule has 2 heterocycles. The summed E-state index contributed by atoms with van der Waals surface area (Å²) < 4.78 is 26.8. The van der Waals surface area contributed by atoms with E-state index in [1.807, 2.05) is 0 Å². The molecule has 5 nitrogen and oxygen atoms in total. The van der Waals surface area contributed by atoms with Gasteiger partial charge in [0.1, 0.15) is 17.3 Å². The lowest BCUT2D eigenvalue weighted by atomic mass is 10.2. The largest absolute Gasteiger partial charge is 0.367 e. The van der Waals surface area contributed by atoms with Gasteiger partial charge in [-0.1, -0.05) is 0 Å². The van der Waals surface area contributed by atoms with Crippen LogP contribution in [0.2, 0.25) is 0 Å². The summed E-state index contributed by atoms with van der Waals surface area (Å²) in [7, 11) is 0. The molecular formula is C16H16F2N4O. The van der Waals surface area contributed by atoms with Crippen LogP contribution >= 0.6 is 0 Å². The third-order valence-corrected chi connectivity index (χ3v) is 3.79. The number of anilines is 1. The Labute approximate surface area is 132 Å². The molecule has 7 heteroatoms. The van der Waals surface area contributed by atoms with Crippen molar-refractivity contribution in [3.63, 3.8) is 0 Å². The second-order valence-electron chi connectivity index (χ2n) is 5.54. The molecule has 0 saturated carbocycles. The second kappa shape index (κ2) is 6.28. The molecule has 1 aromatic heterocycles. The highest BCUT2D eigenvalue weighted by Gasteiger charge is 2.26. The summed E-state index contributed by atoms with van der Waals surface area (Å²) in [6.45, 7) is 2.85. The Bertz CT molecular complexity index is 721. The molecule has 1 aliphatic heterocycles. The number of nitrogens with zero attached hydrogens (tertiary/aromatic N) is 3. The molecule has 1 amide bonds. The SMILES string of the molecule is Cc1cnc(C(=O)NC2CCN(c3ccc(F)cc3F)C2)cn1. The summed E-state index contributed by atoms with van der Waals surface area (Å²) in [5.74, 6) is -1.50. The van der Waals surface area contributed by atoms with E-state index in [2.05, 4.69) is 15.3 Å². The number of aromatic nitrogens is 2. The third kappa shape index (κ3) is 3.44. The molecule has 120 valence electrons. The summed E-state index contributed by atoms with van der Waals surface area (Å²) in [5.41, 5.74) is 1.33. The van der Waals surface area contributed by atoms with Gasteiger partial charge in [0.15, 0.2) is 0 Å². The quantitative estimate of drug-likeness (QED) is 0.941. The van der Waals surface area contributed by atoms with Gasteiger partial charge in [-0.05, 0) is 25.5 Å². The average molecular weight is 318 g/mol. The molecule has 1 N–H and O–H groups in total. The van der Waals surface area contributed by atoms with Crippen LogP contribution in [0.5, 0.6) is 0 Å². The van der Waals surface area contributed by atoms with Crippen LogP contribution in [0, 0.1) is 18.6 Å². The lowest BCUT2D eigenvalue weighted by molar-refractivity contribution is 0.0935. The number of aryl methyl sites for hydroxylation is 1. The molecule has 1 aromatic carbocycles. The Balaban J connectivity index is 1.63. The van der Waals surface area contributed by atoms with Crippen molar-refractivity contribution in [1.82, 2.24) is 15.3 Å². The number of hydrogen-bond acceptors (Lipinski definition) is 4. The number of carbonyl (C=O) groups is 1. The predicted molar refractivity (Wildman–Crippen MR) is 81.2 cm³/mol. The minimum absolute atomic E-state index is 0.116. The van der Waals surface area contributed by atoms with Crippen molar-refractivity contribution in [2.75, 3.05) is 18.0 Å². The van der Waals surface area contributed by atoms with Crippen LogP contribution in [0.15, 0.2) is 30.6 Å². The van der Waals surface area contributed by atoms with Crippen molar-refractivity contribution >= 4 is 11.6 Å². The van der Waals surface area contributed by atoms with Gasteiger partial charge < -0.3 is 10.2 Å². The maximum atomic E-state index is 13.8. The summed E-state index contributed by atoms with van der Waals surface area (Å²) in [4.78, 5) is 22.0. The van der Waals surface area contributed by atoms with Crippen LogP contribution in [0.1, 0.15) is 22.6 Å². The van der Waals surface area contributed by atoms with Gasteiger partial charge in [0.2, 0.25) is 0 Å². The number of halogens is 2. The van der Waals surface area contributed by atoms with E-state index in [1.165, 1.54) is 24.5 Å². The van der Waals surface area contributed by atoms with Gasteiger partial charge in [-0.2, -0.15) is 0 Å². The molecule has 23 heavy (non-hydrogen) atoms. The summed E-state index contributed by atoms with van der Waals surface area (Å²) >= 11 is 0. The van der Waals surface area contributed by atoms with Crippen molar-refractivity contribution in [3.05, 3.63) is 53.6 Å². The van der Waals surface area contributed by atoms with E-state index in [0.29, 0.717) is 25.2 Å². The van der Waals surface area contributed by atoms with Crippen LogP contribution in [-0.4, -0.2) is 35.0 Å². The van der Waals surface area contributed by atoms with E-state index in [4.69, 9.17) is 0 Å². The number of carbonyl (C=O) groups excluding carboxylic acids is 1. The summed E-state index contributed by atoms with van der Waals surface area (Å²) in [6, 6.07) is 3.39. The first-order valence-electron chi connectivity index (χ1n) is 7.32. The lowest BCUT2D eigenvalue weighted by Gasteiger charge is -2.19. The molecule has 1 fully saturated rings. The summed E-state index contributed by atoms with van der Waals surface area (Å²) in [5, 5.41) is 2.87. The highest BCUT2D eigenvalue weighted by molar-refractivity contribution is 5.92. The van der Waals surface area contributed by atoms with Crippen LogP contribution < -0.4 is 10.2 Å². The molecule has 1 aliphatic rings. The molecule has 0 bridgehead atoms. The molecule has 1 atom stereocenters. The first-order valence-corrected chi connectivity index (χ1v) is 7.32. The number of amides is 1. The maximum absolute atomic E-state index is 13.8. The van der Waals surface area contributed by atoms with Crippen molar-refractivity contribution in [2.24, 2.45) is 0 Å². The molecule has 3 rings (SSSR count). The number of hydrogen-bond donors (Lipinski definition) is 1.